The van der Waals surface area contributed by atoms with Crippen LogP contribution in [0.3, 0.4) is 0 Å². The molecule has 0 aliphatic carbocycles. The monoisotopic (exact) mass is 214 g/mol. The van der Waals surface area contributed by atoms with E-state index in [9.17, 15) is 0 Å². The minimum absolute atomic E-state index is 1.06. The molecule has 0 aliphatic heterocycles. The number of nitrogens with one attached hydrogen (secondary N) is 1. The van der Waals surface area contributed by atoms with Gasteiger partial charge in [0.25, 0.3) is 0 Å². The molecule has 1 rings (SSSR count). The number of rotatable bonds is 6. The van der Waals surface area contributed by atoms with Crippen LogP contribution in [0.15, 0.2) is 18.7 Å². The number of imidazole rings is 1. The molecule has 3 heteroatoms. The molecule has 0 radical (unpaired) electrons. The van der Waals surface area contributed by atoms with E-state index in [0.29, 0.717) is 0 Å². The van der Waals surface area contributed by atoms with Crippen LogP contribution in [0.25, 0.3) is 0 Å². The van der Waals surface area contributed by atoms with E-state index in [4.69, 9.17) is 0 Å². The molecule has 0 amide bonds. The molecule has 1 N–H and O–H groups in total. The first-order valence-corrected chi connectivity index (χ1v) is 6.08. The number of hydrogen-bond acceptors (Lipinski definition) is 2. The molecule has 0 bridgehead atoms. The summed E-state index contributed by atoms with van der Waals surface area (Å²) in [4.78, 5) is 6.42. The molecular weight excluding hydrogens is 192 g/mol. The molecule has 0 saturated carbocycles. The van der Waals surface area contributed by atoms with E-state index in [1.54, 1.807) is 18.7 Å². The maximum absolute atomic E-state index is 4.15. The van der Waals surface area contributed by atoms with Crippen LogP contribution in [-0.4, -0.2) is 15.7 Å². The van der Waals surface area contributed by atoms with Crippen LogP contribution in [0.1, 0.15) is 45.4 Å². The third-order valence-corrected chi connectivity index (χ3v) is 2.23. The molecule has 0 saturated heterocycles. The maximum atomic E-state index is 4.15. The summed E-state index contributed by atoms with van der Waals surface area (Å²) < 4.78 is 0. The van der Waals surface area contributed by atoms with Gasteiger partial charge in [-0.1, -0.05) is 39.0 Å². The Kier molecular flexibility index (Phi) is 12.2. The number of aromatic nitrogens is 2. The van der Waals surface area contributed by atoms with E-state index in [0.717, 1.165) is 5.75 Å². The Morgan fingerprint density at radius 1 is 1.14 bits per heavy atom. The number of aromatic amines is 1. The van der Waals surface area contributed by atoms with Crippen molar-refractivity contribution in [1.82, 2.24) is 9.97 Å². The van der Waals surface area contributed by atoms with Crippen molar-refractivity contribution in [2.45, 2.75) is 45.4 Å². The quantitative estimate of drug-likeness (QED) is 0.549. The Morgan fingerprint density at radius 2 is 1.86 bits per heavy atom. The topological polar surface area (TPSA) is 28.7 Å². The molecule has 0 spiro atoms. The number of thiol groups is 1. The van der Waals surface area contributed by atoms with Crippen molar-refractivity contribution in [2.75, 3.05) is 5.75 Å². The number of unbranched alkanes of at least 4 members (excludes halogenated alkanes) is 5. The largest absolute Gasteiger partial charge is 0.351 e. The summed E-state index contributed by atoms with van der Waals surface area (Å²) in [5.74, 6) is 1.06. The average molecular weight is 214 g/mol. The summed E-state index contributed by atoms with van der Waals surface area (Å²) in [5.41, 5.74) is 0. The van der Waals surface area contributed by atoms with Crippen molar-refractivity contribution in [3.05, 3.63) is 18.7 Å². The van der Waals surface area contributed by atoms with E-state index in [1.807, 2.05) is 0 Å². The molecule has 1 aromatic heterocycles. The van der Waals surface area contributed by atoms with Gasteiger partial charge in [0.15, 0.2) is 0 Å². The van der Waals surface area contributed by atoms with Crippen molar-refractivity contribution in [3.8, 4) is 0 Å². The highest BCUT2D eigenvalue weighted by atomic mass is 32.1. The van der Waals surface area contributed by atoms with E-state index < -0.39 is 0 Å². The standard InChI is InChI=1S/C8H18S.C3H4N2/c1-2-3-4-5-6-7-8-9;1-2-5-3-4-1/h9H,2-8H2,1H3;1-3H,(H,4,5). The summed E-state index contributed by atoms with van der Waals surface area (Å²) in [7, 11) is 0. The van der Waals surface area contributed by atoms with Gasteiger partial charge in [0.05, 0.1) is 6.33 Å². The zero-order valence-electron chi connectivity index (χ0n) is 9.08. The van der Waals surface area contributed by atoms with Gasteiger partial charge in [-0.2, -0.15) is 12.6 Å². The van der Waals surface area contributed by atoms with E-state index in [1.165, 1.54) is 38.5 Å². The van der Waals surface area contributed by atoms with Gasteiger partial charge in [-0.3, -0.25) is 0 Å². The van der Waals surface area contributed by atoms with E-state index in [2.05, 4.69) is 29.5 Å². The van der Waals surface area contributed by atoms with Crippen molar-refractivity contribution in [3.63, 3.8) is 0 Å². The fourth-order valence-corrected chi connectivity index (χ4v) is 1.33. The summed E-state index contributed by atoms with van der Waals surface area (Å²) in [6, 6.07) is 0. The molecule has 14 heavy (non-hydrogen) atoms. The van der Waals surface area contributed by atoms with Gasteiger partial charge in [0.1, 0.15) is 0 Å². The predicted octanol–water partition coefficient (Wildman–Crippen LogP) is 3.69. The smallest absolute Gasteiger partial charge is 0.0919 e. The Bertz CT molecular complexity index is 141. The summed E-state index contributed by atoms with van der Waals surface area (Å²) >= 11 is 4.15. The van der Waals surface area contributed by atoms with Gasteiger partial charge in [0.2, 0.25) is 0 Å². The first kappa shape index (κ1) is 13.6. The van der Waals surface area contributed by atoms with Gasteiger partial charge in [-0.05, 0) is 12.2 Å². The van der Waals surface area contributed by atoms with Crippen LogP contribution in [0.4, 0.5) is 0 Å². The normalized spacial score (nSPS) is 9.29. The zero-order valence-corrected chi connectivity index (χ0v) is 9.97. The number of nitrogens with zero attached hydrogens (tertiary/aromatic N) is 1. The van der Waals surface area contributed by atoms with E-state index >= 15 is 0 Å². The minimum atomic E-state index is 1.06. The first-order valence-electron chi connectivity index (χ1n) is 5.45. The van der Waals surface area contributed by atoms with Crippen molar-refractivity contribution < 1.29 is 0 Å². The van der Waals surface area contributed by atoms with Crippen molar-refractivity contribution in [2.24, 2.45) is 0 Å². The Morgan fingerprint density at radius 3 is 2.29 bits per heavy atom. The molecule has 1 aromatic rings. The third-order valence-electron chi connectivity index (χ3n) is 1.92. The van der Waals surface area contributed by atoms with Crippen LogP contribution < -0.4 is 0 Å². The molecule has 0 aromatic carbocycles. The average Bonchev–Trinajstić information content (AvgIpc) is 2.76. The first-order chi connectivity index (χ1) is 6.91. The van der Waals surface area contributed by atoms with Gasteiger partial charge < -0.3 is 4.98 Å². The van der Waals surface area contributed by atoms with Crippen LogP contribution >= 0.6 is 12.6 Å². The number of H-pyrrole nitrogens is 1. The maximum Gasteiger partial charge on any atom is 0.0919 e. The highest BCUT2D eigenvalue weighted by Gasteiger charge is 1.86. The zero-order chi connectivity index (χ0) is 10.5. The van der Waals surface area contributed by atoms with Crippen molar-refractivity contribution >= 4 is 12.6 Å². The molecule has 82 valence electrons. The minimum Gasteiger partial charge on any atom is -0.351 e. The van der Waals surface area contributed by atoms with Gasteiger partial charge >= 0.3 is 0 Å². The summed E-state index contributed by atoms with van der Waals surface area (Å²) in [6.07, 6.45) is 13.3. The van der Waals surface area contributed by atoms with E-state index in [-0.39, 0.29) is 0 Å². The lowest BCUT2D eigenvalue weighted by atomic mass is 10.1. The lowest BCUT2D eigenvalue weighted by molar-refractivity contribution is 0.627. The second-order valence-electron chi connectivity index (χ2n) is 3.25. The second-order valence-corrected chi connectivity index (χ2v) is 3.70. The molecule has 0 aliphatic rings. The Hall–Kier alpha value is -0.440. The lowest BCUT2D eigenvalue weighted by Gasteiger charge is -1.95. The fraction of sp³-hybridized carbons (Fsp3) is 0.727. The molecule has 0 fully saturated rings. The third kappa shape index (κ3) is 11.6. The van der Waals surface area contributed by atoms with Crippen LogP contribution in [0, 0.1) is 0 Å². The van der Waals surface area contributed by atoms with Gasteiger partial charge in [-0.15, -0.1) is 0 Å². The highest BCUT2D eigenvalue weighted by molar-refractivity contribution is 7.80. The molecular formula is C11H22N2S. The van der Waals surface area contributed by atoms with Gasteiger partial charge in [-0.25, -0.2) is 4.98 Å². The highest BCUT2D eigenvalue weighted by Crippen LogP contribution is 2.04. The predicted molar refractivity (Wildman–Crippen MR) is 65.8 cm³/mol. The molecule has 1 heterocycles. The van der Waals surface area contributed by atoms with Crippen LogP contribution in [0.2, 0.25) is 0 Å². The molecule has 0 atom stereocenters. The lowest BCUT2D eigenvalue weighted by Crippen LogP contribution is -1.78. The fourth-order valence-electron chi connectivity index (χ4n) is 1.11. The Labute approximate surface area is 92.9 Å². The van der Waals surface area contributed by atoms with Crippen LogP contribution in [-0.2, 0) is 0 Å². The summed E-state index contributed by atoms with van der Waals surface area (Å²) in [6.45, 7) is 2.25. The summed E-state index contributed by atoms with van der Waals surface area (Å²) in [5, 5.41) is 0. The number of hydrogen-bond donors (Lipinski definition) is 2. The molecule has 2 nitrogen and oxygen atoms in total. The molecule has 0 unspecified atom stereocenters. The van der Waals surface area contributed by atoms with Crippen molar-refractivity contribution in [1.29, 1.82) is 0 Å². The van der Waals surface area contributed by atoms with Gasteiger partial charge in [0, 0.05) is 12.4 Å². The second kappa shape index (κ2) is 12.6. The van der Waals surface area contributed by atoms with Crippen LogP contribution in [0.5, 0.6) is 0 Å². The SMILES string of the molecule is CCCCCCCCS.c1c[nH]cn1. The Balaban J connectivity index is 0.000000280.